The molecular weight excluding hydrogens is 294 g/mol. The Bertz CT molecular complexity index is 475. The molecule has 1 fully saturated rings. The van der Waals surface area contributed by atoms with Crippen LogP contribution in [0.1, 0.15) is 41.6 Å². The van der Waals surface area contributed by atoms with Crippen molar-refractivity contribution in [2.45, 2.75) is 38.6 Å². The van der Waals surface area contributed by atoms with Crippen LogP contribution < -0.4 is 5.32 Å². The monoisotopic (exact) mass is 309 g/mol. The Labute approximate surface area is 115 Å². The number of carbonyl (C=O) groups is 2. The van der Waals surface area contributed by atoms with E-state index in [1.807, 2.05) is 25.1 Å². The lowest BCUT2D eigenvalue weighted by Crippen LogP contribution is -2.37. The summed E-state index contributed by atoms with van der Waals surface area (Å²) in [6.07, 6.45) is 2.68. The number of rotatable bonds is 2. The topological polar surface area (TPSA) is 46.2 Å². The summed E-state index contributed by atoms with van der Waals surface area (Å²) in [6.45, 7) is 1.99. The van der Waals surface area contributed by atoms with Gasteiger partial charge in [-0.2, -0.15) is 0 Å². The molecule has 0 saturated heterocycles. The summed E-state index contributed by atoms with van der Waals surface area (Å²) in [5.41, 5.74) is 1.76. The predicted octanol–water partition coefficient (Wildman–Crippen LogP) is 3.00. The van der Waals surface area contributed by atoms with Crippen molar-refractivity contribution in [1.82, 2.24) is 5.32 Å². The van der Waals surface area contributed by atoms with E-state index < -0.39 is 0 Å². The lowest BCUT2D eigenvalue weighted by molar-refractivity contribution is -0.120. The van der Waals surface area contributed by atoms with Crippen LogP contribution in [0.5, 0.6) is 0 Å². The number of carbonyl (C=O) groups excluding carboxylic acids is 2. The molecule has 3 nitrogen and oxygen atoms in total. The van der Waals surface area contributed by atoms with Gasteiger partial charge in [-0.05, 0) is 53.4 Å². The molecule has 0 radical (unpaired) electrons. The quantitative estimate of drug-likeness (QED) is 0.913. The molecule has 0 atom stereocenters. The maximum atomic E-state index is 12.1. The molecule has 2 rings (SSSR count). The van der Waals surface area contributed by atoms with E-state index in [9.17, 15) is 9.59 Å². The Kier molecular flexibility index (Phi) is 4.17. The van der Waals surface area contributed by atoms with Gasteiger partial charge in [0.25, 0.3) is 5.91 Å². The highest BCUT2D eigenvalue weighted by atomic mass is 79.9. The molecule has 4 heteroatoms. The van der Waals surface area contributed by atoms with Gasteiger partial charge in [0.1, 0.15) is 5.78 Å². The lowest BCUT2D eigenvalue weighted by Gasteiger charge is -2.22. The molecule has 96 valence electrons. The first-order chi connectivity index (χ1) is 8.56. The first-order valence-electron chi connectivity index (χ1n) is 6.15. The summed E-state index contributed by atoms with van der Waals surface area (Å²) < 4.78 is 0.812. The zero-order valence-electron chi connectivity index (χ0n) is 10.3. The zero-order chi connectivity index (χ0) is 13.1. The van der Waals surface area contributed by atoms with Gasteiger partial charge in [0.2, 0.25) is 0 Å². The number of halogens is 1. The van der Waals surface area contributed by atoms with Gasteiger partial charge in [0, 0.05) is 23.4 Å². The minimum Gasteiger partial charge on any atom is -0.349 e. The van der Waals surface area contributed by atoms with Gasteiger partial charge in [-0.25, -0.2) is 0 Å². The molecule has 0 bridgehead atoms. The van der Waals surface area contributed by atoms with E-state index in [1.54, 1.807) is 0 Å². The van der Waals surface area contributed by atoms with Crippen LogP contribution in [0.2, 0.25) is 0 Å². The van der Waals surface area contributed by atoms with Crippen molar-refractivity contribution in [3.8, 4) is 0 Å². The number of aryl methyl sites for hydroxylation is 1. The molecule has 1 aliphatic rings. The molecule has 1 N–H and O–H groups in total. The van der Waals surface area contributed by atoms with Crippen LogP contribution in [0.25, 0.3) is 0 Å². The van der Waals surface area contributed by atoms with Gasteiger partial charge in [-0.15, -0.1) is 0 Å². The summed E-state index contributed by atoms with van der Waals surface area (Å²) >= 11 is 3.41. The van der Waals surface area contributed by atoms with Crippen molar-refractivity contribution in [1.29, 1.82) is 0 Å². The first kappa shape index (κ1) is 13.3. The van der Waals surface area contributed by atoms with Gasteiger partial charge < -0.3 is 5.32 Å². The average Bonchev–Trinajstić information content (AvgIpc) is 2.32. The van der Waals surface area contributed by atoms with E-state index in [4.69, 9.17) is 0 Å². The van der Waals surface area contributed by atoms with Gasteiger partial charge >= 0.3 is 0 Å². The Morgan fingerprint density at radius 3 is 2.61 bits per heavy atom. The number of Topliss-reactive ketones (excluding diaryl/α,β-unsaturated/α-hetero) is 1. The van der Waals surface area contributed by atoms with E-state index in [2.05, 4.69) is 21.2 Å². The highest BCUT2D eigenvalue weighted by Crippen LogP contribution is 2.20. The van der Waals surface area contributed by atoms with Crippen LogP contribution in [0.4, 0.5) is 0 Å². The van der Waals surface area contributed by atoms with Crippen molar-refractivity contribution in [2.75, 3.05) is 0 Å². The third-order valence-electron chi connectivity index (χ3n) is 3.25. The van der Waals surface area contributed by atoms with Crippen molar-refractivity contribution in [3.63, 3.8) is 0 Å². The molecular formula is C14H16BrNO2. The summed E-state index contributed by atoms with van der Waals surface area (Å²) in [7, 11) is 0. The maximum Gasteiger partial charge on any atom is 0.252 e. The summed E-state index contributed by atoms with van der Waals surface area (Å²) in [4.78, 5) is 23.2. The van der Waals surface area contributed by atoms with E-state index >= 15 is 0 Å². The van der Waals surface area contributed by atoms with E-state index in [-0.39, 0.29) is 11.9 Å². The van der Waals surface area contributed by atoms with Crippen LogP contribution in [-0.2, 0) is 4.79 Å². The number of amides is 1. The van der Waals surface area contributed by atoms with Crippen LogP contribution >= 0.6 is 15.9 Å². The fourth-order valence-corrected chi connectivity index (χ4v) is 2.82. The average molecular weight is 310 g/mol. The van der Waals surface area contributed by atoms with E-state index in [0.717, 1.165) is 22.9 Å². The van der Waals surface area contributed by atoms with Gasteiger partial charge in [0.15, 0.2) is 0 Å². The lowest BCUT2D eigenvalue weighted by atomic mass is 9.94. The molecule has 1 aromatic carbocycles. The largest absolute Gasteiger partial charge is 0.349 e. The Balaban J connectivity index is 2.01. The Morgan fingerprint density at radius 1 is 1.33 bits per heavy atom. The molecule has 1 saturated carbocycles. The third kappa shape index (κ3) is 3.19. The predicted molar refractivity (Wildman–Crippen MR) is 73.6 cm³/mol. The second-order valence-corrected chi connectivity index (χ2v) is 5.62. The highest BCUT2D eigenvalue weighted by molar-refractivity contribution is 9.10. The van der Waals surface area contributed by atoms with Crippen molar-refractivity contribution in [2.24, 2.45) is 0 Å². The molecule has 0 spiro atoms. The van der Waals surface area contributed by atoms with Crippen molar-refractivity contribution >= 4 is 27.6 Å². The third-order valence-corrected chi connectivity index (χ3v) is 3.90. The Morgan fingerprint density at radius 2 is 2.00 bits per heavy atom. The fraction of sp³-hybridized carbons (Fsp3) is 0.429. The van der Waals surface area contributed by atoms with Gasteiger partial charge in [-0.1, -0.05) is 6.07 Å². The smallest absolute Gasteiger partial charge is 0.252 e. The highest BCUT2D eigenvalue weighted by Gasteiger charge is 2.21. The number of nitrogens with one attached hydrogen (secondary N) is 1. The second-order valence-electron chi connectivity index (χ2n) is 4.77. The summed E-state index contributed by atoms with van der Waals surface area (Å²) in [5, 5.41) is 2.99. The van der Waals surface area contributed by atoms with Crippen LogP contribution in [0.15, 0.2) is 22.7 Å². The van der Waals surface area contributed by atoms with Crippen LogP contribution in [-0.4, -0.2) is 17.7 Å². The van der Waals surface area contributed by atoms with Crippen molar-refractivity contribution < 1.29 is 9.59 Å². The minimum atomic E-state index is -0.0683. The molecule has 0 aliphatic heterocycles. The standard InChI is InChI=1S/C14H16BrNO2/c1-9-2-7-12(13(15)8-9)14(18)16-10-3-5-11(17)6-4-10/h2,7-8,10H,3-6H2,1H3,(H,16,18). The summed E-state index contributed by atoms with van der Waals surface area (Å²) in [6, 6.07) is 5.80. The van der Waals surface area contributed by atoms with Crippen LogP contribution in [0.3, 0.4) is 0 Å². The molecule has 1 aromatic rings. The van der Waals surface area contributed by atoms with Gasteiger partial charge in [-0.3, -0.25) is 9.59 Å². The van der Waals surface area contributed by atoms with E-state index in [0.29, 0.717) is 24.2 Å². The molecule has 0 heterocycles. The maximum absolute atomic E-state index is 12.1. The number of ketones is 1. The first-order valence-corrected chi connectivity index (χ1v) is 6.94. The van der Waals surface area contributed by atoms with E-state index in [1.165, 1.54) is 0 Å². The normalized spacial score (nSPS) is 16.7. The molecule has 0 aromatic heterocycles. The number of hydrogen-bond acceptors (Lipinski definition) is 2. The molecule has 18 heavy (non-hydrogen) atoms. The Hall–Kier alpha value is -1.16. The molecule has 1 amide bonds. The summed E-state index contributed by atoms with van der Waals surface area (Å²) in [5.74, 6) is 0.234. The molecule has 1 aliphatic carbocycles. The second kappa shape index (κ2) is 5.65. The SMILES string of the molecule is Cc1ccc(C(=O)NC2CCC(=O)CC2)c(Br)c1. The molecule has 0 unspecified atom stereocenters. The fourth-order valence-electron chi connectivity index (χ4n) is 2.15. The van der Waals surface area contributed by atoms with Crippen molar-refractivity contribution in [3.05, 3.63) is 33.8 Å². The van der Waals surface area contributed by atoms with Gasteiger partial charge in [0.05, 0.1) is 5.56 Å². The number of hydrogen-bond donors (Lipinski definition) is 1. The van der Waals surface area contributed by atoms with Crippen LogP contribution in [0, 0.1) is 6.92 Å². The zero-order valence-corrected chi connectivity index (χ0v) is 11.9. The minimum absolute atomic E-state index is 0.0683. The number of benzene rings is 1.